The van der Waals surface area contributed by atoms with Crippen LogP contribution in [0.4, 0.5) is 0 Å². The highest BCUT2D eigenvalue weighted by Gasteiger charge is 2.56. The van der Waals surface area contributed by atoms with Crippen LogP contribution in [0.1, 0.15) is 94.9 Å². The zero-order chi connectivity index (χ0) is 38.4. The molecule has 4 aliphatic heterocycles. The number of aliphatic imine (C=N–C) groups is 1. The molecule has 0 unspecified atom stereocenters. The van der Waals surface area contributed by atoms with E-state index in [0.717, 1.165) is 0 Å². The molecule has 0 aromatic carbocycles. The summed E-state index contributed by atoms with van der Waals surface area (Å²) in [5.74, 6) is -2.03. The Balaban J connectivity index is 1.85. The highest BCUT2D eigenvalue weighted by atomic mass is 16.7. The van der Waals surface area contributed by atoms with Gasteiger partial charge in [-0.05, 0) is 75.4 Å². The van der Waals surface area contributed by atoms with Crippen molar-refractivity contribution in [2.75, 3.05) is 21.2 Å². The van der Waals surface area contributed by atoms with Crippen molar-refractivity contribution in [1.29, 1.82) is 0 Å². The molecule has 0 aromatic rings. The molecule has 0 amide bonds. The van der Waals surface area contributed by atoms with Gasteiger partial charge in [0.2, 0.25) is 0 Å². The minimum atomic E-state index is -1.84. The number of aliphatic hydroxyl groups is 4. The molecule has 14 heteroatoms. The fourth-order valence-electron chi connectivity index (χ4n) is 8.61. The van der Waals surface area contributed by atoms with Gasteiger partial charge in [-0.15, -0.1) is 0 Å². The van der Waals surface area contributed by atoms with Crippen LogP contribution in [0.25, 0.3) is 0 Å². The summed E-state index contributed by atoms with van der Waals surface area (Å²) < 4.78 is 44.5. The molecular weight excluding hydrogens is 664 g/mol. The first-order valence-electron chi connectivity index (χ1n) is 18.7. The lowest BCUT2D eigenvalue weighted by molar-refractivity contribution is -0.315. The van der Waals surface area contributed by atoms with E-state index in [0.29, 0.717) is 18.7 Å². The molecule has 4 N–H and O–H groups in total. The monoisotopic (exact) mass is 730 g/mol. The van der Waals surface area contributed by atoms with E-state index in [4.69, 9.17) is 38.2 Å². The number of hydrogen-bond acceptors (Lipinski definition) is 14. The average molecular weight is 731 g/mol. The maximum absolute atomic E-state index is 14.2. The molecule has 4 aliphatic rings. The van der Waals surface area contributed by atoms with Gasteiger partial charge in [-0.2, -0.15) is 0 Å². The van der Waals surface area contributed by atoms with Crippen molar-refractivity contribution >= 4 is 11.9 Å². The third-order valence-corrected chi connectivity index (χ3v) is 11.9. The third kappa shape index (κ3) is 8.60. The van der Waals surface area contributed by atoms with Crippen molar-refractivity contribution in [3.8, 4) is 0 Å². The zero-order valence-electron chi connectivity index (χ0n) is 32.9. The Kier molecular flexibility index (Phi) is 13.4. The molecule has 14 nitrogen and oxygen atoms in total. The van der Waals surface area contributed by atoms with Crippen molar-refractivity contribution in [2.24, 2.45) is 22.7 Å². The summed E-state index contributed by atoms with van der Waals surface area (Å²) in [7, 11) is 5.33. The predicted octanol–water partition coefficient (Wildman–Crippen LogP) is 2.41. The second-order valence-corrected chi connectivity index (χ2v) is 16.5. The van der Waals surface area contributed by atoms with Crippen LogP contribution in [-0.4, -0.2) is 149 Å². The zero-order valence-corrected chi connectivity index (χ0v) is 32.9. The van der Waals surface area contributed by atoms with Crippen molar-refractivity contribution in [3.05, 3.63) is 0 Å². The lowest BCUT2D eigenvalue weighted by atomic mass is 9.79. The Morgan fingerprint density at radius 2 is 1.61 bits per heavy atom. The molecule has 0 aliphatic carbocycles. The van der Waals surface area contributed by atoms with Gasteiger partial charge in [0.05, 0.1) is 35.9 Å². The molecule has 4 rings (SSSR count). The topological polar surface area (TPSA) is 178 Å². The Morgan fingerprint density at radius 1 is 0.961 bits per heavy atom. The first kappa shape index (κ1) is 42.3. The summed E-state index contributed by atoms with van der Waals surface area (Å²) in [6.07, 6.45) is -7.53. The molecule has 0 aromatic heterocycles. The van der Waals surface area contributed by atoms with Crippen LogP contribution >= 0.6 is 0 Å². The lowest BCUT2D eigenvalue weighted by Crippen LogP contribution is -2.60. The van der Waals surface area contributed by atoms with Gasteiger partial charge in [0.15, 0.2) is 18.5 Å². The largest absolute Gasteiger partial charge is 0.472 e. The maximum atomic E-state index is 14.2. The van der Waals surface area contributed by atoms with E-state index in [2.05, 4.69) is 0 Å². The van der Waals surface area contributed by atoms with Crippen LogP contribution < -0.4 is 0 Å². The van der Waals surface area contributed by atoms with Crippen molar-refractivity contribution in [3.63, 3.8) is 0 Å². The number of aliphatic hydroxyl groups excluding tert-OH is 3. The Labute approximate surface area is 304 Å². The standard InChI is InChI=1S/C37H66N2O12/c1-14-25-37(10,44)29(41)22(6)38-32-18(2)16-36(9,51-32)31(50-34-27(40)24(39(11)12)15-19(3)46-34)20(4)28(21(5)33(43)48-25)49-26-17-35(8,45-13)30(42)23(7)47-26/h18-31,34,40-42,44H,14-17H2,1-13H3/t18-,19+,20-,21+,22+,23-,24-,25+,26-,27+,28-,29+,30-,31+,34-,35+,36+,37+/m0/s1. The van der Waals surface area contributed by atoms with Crippen LogP contribution in [-0.2, 0) is 38.0 Å². The number of likely N-dealkylation sites (N-methyl/N-ethyl adjacent to an activating group) is 1. The third-order valence-electron chi connectivity index (χ3n) is 11.9. The Morgan fingerprint density at radius 3 is 2.20 bits per heavy atom. The fraction of sp³-hybridized carbons (Fsp3) is 0.946. The van der Waals surface area contributed by atoms with E-state index in [-0.39, 0.29) is 30.9 Å². The van der Waals surface area contributed by atoms with Crippen molar-refractivity contribution in [1.82, 2.24) is 4.90 Å². The van der Waals surface area contributed by atoms with Gasteiger partial charge in [0.25, 0.3) is 0 Å². The van der Waals surface area contributed by atoms with Gasteiger partial charge in [-0.1, -0.05) is 20.8 Å². The fourth-order valence-corrected chi connectivity index (χ4v) is 8.61. The quantitative estimate of drug-likeness (QED) is 0.281. The molecule has 296 valence electrons. The molecule has 0 radical (unpaired) electrons. The number of hydrogen-bond donors (Lipinski definition) is 4. The molecule has 51 heavy (non-hydrogen) atoms. The van der Waals surface area contributed by atoms with Crippen LogP contribution in [0, 0.1) is 17.8 Å². The Hall–Kier alpha value is -1.46. The number of esters is 1. The highest BCUT2D eigenvalue weighted by molar-refractivity contribution is 5.81. The summed E-state index contributed by atoms with van der Waals surface area (Å²) in [6, 6.07) is -1.04. The van der Waals surface area contributed by atoms with Gasteiger partial charge in [-0.3, -0.25) is 4.79 Å². The minimum absolute atomic E-state index is 0.163. The summed E-state index contributed by atoms with van der Waals surface area (Å²) in [6.45, 7) is 17.8. The number of fused-ring (bicyclic) bond motifs is 2. The molecule has 3 fully saturated rings. The molecular formula is C37H66N2O12. The van der Waals surface area contributed by atoms with Gasteiger partial charge >= 0.3 is 5.97 Å². The maximum Gasteiger partial charge on any atom is 0.311 e. The van der Waals surface area contributed by atoms with E-state index in [1.165, 1.54) is 14.0 Å². The smallest absolute Gasteiger partial charge is 0.311 e. The van der Waals surface area contributed by atoms with Crippen molar-refractivity contribution in [2.45, 2.75) is 185 Å². The number of carbonyl (C=O) groups excluding carboxylic acids is 1. The van der Waals surface area contributed by atoms with E-state index in [9.17, 15) is 25.2 Å². The number of nitrogens with zero attached hydrogens (tertiary/aromatic N) is 2. The first-order valence-corrected chi connectivity index (χ1v) is 18.7. The normalized spacial score (nSPS) is 50.3. The molecule has 3 saturated heterocycles. The summed E-state index contributed by atoms with van der Waals surface area (Å²) >= 11 is 0. The van der Waals surface area contributed by atoms with Gasteiger partial charge in [0, 0.05) is 37.8 Å². The average Bonchev–Trinajstić information content (AvgIpc) is 3.35. The van der Waals surface area contributed by atoms with Gasteiger partial charge in [0.1, 0.15) is 41.7 Å². The second kappa shape index (κ2) is 16.1. The number of carbonyl (C=O) groups is 1. The van der Waals surface area contributed by atoms with Gasteiger partial charge in [-0.25, -0.2) is 4.99 Å². The highest BCUT2D eigenvalue weighted by Crippen LogP contribution is 2.44. The summed E-state index contributed by atoms with van der Waals surface area (Å²) in [5, 5.41) is 45.5. The van der Waals surface area contributed by atoms with Crippen LogP contribution in [0.2, 0.25) is 0 Å². The number of cyclic esters (lactones) is 1. The van der Waals surface area contributed by atoms with E-state index < -0.39 is 96.0 Å². The van der Waals surface area contributed by atoms with Crippen LogP contribution in [0.3, 0.4) is 0 Å². The molecule has 4 heterocycles. The molecule has 0 spiro atoms. The van der Waals surface area contributed by atoms with E-state index >= 15 is 0 Å². The molecule has 18 atom stereocenters. The predicted molar refractivity (Wildman–Crippen MR) is 188 cm³/mol. The van der Waals surface area contributed by atoms with Crippen LogP contribution in [0.5, 0.6) is 0 Å². The number of methoxy groups -OCH3 is 1. The molecule has 0 saturated carbocycles. The lowest BCUT2D eigenvalue weighted by Gasteiger charge is -2.48. The number of ether oxygens (including phenoxy) is 7. The van der Waals surface area contributed by atoms with E-state index in [1.807, 2.05) is 46.7 Å². The van der Waals surface area contributed by atoms with Crippen LogP contribution in [0.15, 0.2) is 4.99 Å². The summed E-state index contributed by atoms with van der Waals surface area (Å²) in [5.41, 5.74) is -3.91. The minimum Gasteiger partial charge on any atom is -0.472 e. The Bertz CT molecular complexity index is 1220. The summed E-state index contributed by atoms with van der Waals surface area (Å²) in [4.78, 5) is 20.9. The second-order valence-electron chi connectivity index (χ2n) is 16.5. The van der Waals surface area contributed by atoms with Gasteiger partial charge < -0.3 is 58.5 Å². The van der Waals surface area contributed by atoms with Crippen molar-refractivity contribution < 1.29 is 58.4 Å². The number of rotatable bonds is 7. The SMILES string of the molecule is CC[C@H]1OC(=O)[C@H](C)[C@@H](O[C@H]2C[C@@](C)(OC)[C@@H](O)[C@H](C)O2)[C@H](C)[C@@H](O[C@@H]2O[C@H](C)C[C@H](N(C)C)[C@H]2O)[C@@]2(C)C[C@H](C)C(=N[C@H](C)[C@@H](O)[C@]1(C)O)O2. The molecule has 2 bridgehead atoms. The first-order chi connectivity index (χ1) is 23.6. The van der Waals surface area contributed by atoms with E-state index in [1.54, 1.807) is 34.6 Å².